The Kier molecular flexibility index (Phi) is 11.8. The molecule has 2 aliphatic rings. The minimum atomic E-state index is -0.128. The SMILES string of the molecule is CCCCCCCCOC(=O)CC1CCc2ccc(NC(=O)c3ccc(C=NN4CCSCC4)cc3)cc2C1. The van der Waals surface area contributed by atoms with E-state index in [4.69, 9.17) is 4.74 Å². The largest absolute Gasteiger partial charge is 0.466 e. The Labute approximate surface area is 238 Å². The lowest BCUT2D eigenvalue weighted by Gasteiger charge is -2.24. The summed E-state index contributed by atoms with van der Waals surface area (Å²) in [6, 6.07) is 13.7. The van der Waals surface area contributed by atoms with Gasteiger partial charge in [0.15, 0.2) is 0 Å². The van der Waals surface area contributed by atoms with E-state index in [1.165, 1.54) is 36.8 Å². The topological polar surface area (TPSA) is 71.0 Å². The molecule has 0 radical (unpaired) electrons. The summed E-state index contributed by atoms with van der Waals surface area (Å²) in [6.45, 7) is 4.71. The predicted octanol–water partition coefficient (Wildman–Crippen LogP) is 6.72. The molecule has 1 unspecified atom stereocenters. The number of nitrogens with one attached hydrogen (secondary N) is 1. The van der Waals surface area contributed by atoms with Crippen LogP contribution in [0.1, 0.15) is 85.3 Å². The summed E-state index contributed by atoms with van der Waals surface area (Å²) in [5.41, 5.74) is 4.91. The van der Waals surface area contributed by atoms with Gasteiger partial charge in [0.25, 0.3) is 5.91 Å². The molecule has 1 amide bonds. The van der Waals surface area contributed by atoms with Crippen LogP contribution in [0.2, 0.25) is 0 Å². The third-order valence-electron chi connectivity index (χ3n) is 7.54. The van der Waals surface area contributed by atoms with E-state index in [2.05, 4.69) is 34.5 Å². The summed E-state index contributed by atoms with van der Waals surface area (Å²) in [5, 5.41) is 9.70. The Bertz CT molecular complexity index is 1100. The molecule has 1 saturated heterocycles. The van der Waals surface area contributed by atoms with Crippen LogP contribution in [-0.2, 0) is 22.4 Å². The number of hydrazone groups is 1. The van der Waals surface area contributed by atoms with Crippen LogP contribution in [0.3, 0.4) is 0 Å². The van der Waals surface area contributed by atoms with Crippen molar-refractivity contribution < 1.29 is 14.3 Å². The van der Waals surface area contributed by atoms with Gasteiger partial charge in [-0.3, -0.25) is 14.6 Å². The second kappa shape index (κ2) is 15.7. The fourth-order valence-corrected chi connectivity index (χ4v) is 6.07. The highest BCUT2D eigenvalue weighted by Gasteiger charge is 2.22. The molecule has 2 aromatic rings. The molecule has 1 fully saturated rings. The van der Waals surface area contributed by atoms with Gasteiger partial charge >= 0.3 is 5.97 Å². The van der Waals surface area contributed by atoms with Gasteiger partial charge in [-0.25, -0.2) is 0 Å². The van der Waals surface area contributed by atoms with Crippen LogP contribution < -0.4 is 5.32 Å². The van der Waals surface area contributed by atoms with Crippen molar-refractivity contribution in [1.82, 2.24) is 5.01 Å². The predicted molar refractivity (Wildman–Crippen MR) is 162 cm³/mol. The van der Waals surface area contributed by atoms with Gasteiger partial charge in [0, 0.05) is 42.3 Å². The first-order chi connectivity index (χ1) is 19.1. The van der Waals surface area contributed by atoms with Crippen LogP contribution in [-0.4, -0.2) is 54.3 Å². The molecular formula is C32H43N3O3S. The Morgan fingerprint density at radius 3 is 2.59 bits per heavy atom. The van der Waals surface area contributed by atoms with Crippen LogP contribution in [0.4, 0.5) is 5.69 Å². The van der Waals surface area contributed by atoms with Crippen LogP contribution in [0.15, 0.2) is 47.6 Å². The molecular weight excluding hydrogens is 506 g/mol. The molecule has 39 heavy (non-hydrogen) atoms. The standard InChI is InChI=1S/C32H43N3O3S/c1-2-3-4-5-6-7-18-38-31(36)22-26-10-11-27-14-15-30(23-29(27)21-26)34-32(37)28-12-8-25(9-13-28)24-33-35-16-19-39-20-17-35/h8-9,12-15,23-24,26H,2-7,10-11,16-22H2,1H3,(H,34,37). The Balaban J connectivity index is 1.23. The minimum Gasteiger partial charge on any atom is -0.466 e. The van der Waals surface area contributed by atoms with Crippen molar-refractivity contribution >= 4 is 35.5 Å². The van der Waals surface area contributed by atoms with E-state index in [9.17, 15) is 9.59 Å². The number of anilines is 1. The molecule has 4 rings (SSSR count). The van der Waals surface area contributed by atoms with Crippen molar-refractivity contribution in [3.8, 4) is 0 Å². The van der Waals surface area contributed by atoms with Gasteiger partial charge in [0.2, 0.25) is 0 Å². The summed E-state index contributed by atoms with van der Waals surface area (Å²) < 4.78 is 5.51. The lowest BCUT2D eigenvalue weighted by atomic mass is 9.82. The number of aryl methyl sites for hydroxylation is 1. The van der Waals surface area contributed by atoms with Crippen molar-refractivity contribution in [3.05, 3.63) is 64.7 Å². The number of unbranched alkanes of at least 4 members (excludes halogenated alkanes) is 5. The molecule has 1 aliphatic heterocycles. The molecule has 2 aromatic carbocycles. The van der Waals surface area contributed by atoms with Gasteiger partial charge in [0.05, 0.1) is 12.8 Å². The van der Waals surface area contributed by atoms with Gasteiger partial charge in [-0.15, -0.1) is 0 Å². The molecule has 0 aromatic heterocycles. The Morgan fingerprint density at radius 2 is 1.79 bits per heavy atom. The summed E-state index contributed by atoms with van der Waals surface area (Å²) >= 11 is 1.96. The monoisotopic (exact) mass is 549 g/mol. The van der Waals surface area contributed by atoms with Crippen molar-refractivity contribution in [2.45, 2.75) is 71.1 Å². The fraction of sp³-hybridized carbons (Fsp3) is 0.531. The quantitative estimate of drug-likeness (QED) is 0.171. The van der Waals surface area contributed by atoms with E-state index in [1.807, 2.05) is 48.3 Å². The number of hydrogen-bond acceptors (Lipinski definition) is 6. The van der Waals surface area contributed by atoms with E-state index < -0.39 is 0 Å². The molecule has 7 heteroatoms. The molecule has 6 nitrogen and oxygen atoms in total. The molecule has 210 valence electrons. The number of fused-ring (bicyclic) bond motifs is 1. The van der Waals surface area contributed by atoms with E-state index in [0.29, 0.717) is 24.5 Å². The summed E-state index contributed by atoms with van der Waals surface area (Å²) in [7, 11) is 0. The number of thioether (sulfide) groups is 1. The average Bonchev–Trinajstić information content (AvgIpc) is 2.96. The van der Waals surface area contributed by atoms with Crippen molar-refractivity contribution in [2.24, 2.45) is 11.0 Å². The van der Waals surface area contributed by atoms with E-state index in [0.717, 1.165) is 68.0 Å². The molecule has 0 saturated carbocycles. The molecule has 1 atom stereocenters. The minimum absolute atomic E-state index is 0.0788. The number of amides is 1. The highest BCUT2D eigenvalue weighted by Crippen LogP contribution is 2.30. The van der Waals surface area contributed by atoms with Crippen LogP contribution in [0, 0.1) is 5.92 Å². The average molecular weight is 550 g/mol. The fourth-order valence-electron chi connectivity index (χ4n) is 5.19. The smallest absolute Gasteiger partial charge is 0.306 e. The normalized spacial score (nSPS) is 17.2. The first-order valence-corrected chi connectivity index (χ1v) is 15.8. The zero-order valence-corrected chi connectivity index (χ0v) is 24.1. The Morgan fingerprint density at radius 1 is 1.03 bits per heavy atom. The van der Waals surface area contributed by atoms with Gasteiger partial charge in [-0.1, -0.05) is 57.2 Å². The van der Waals surface area contributed by atoms with Gasteiger partial charge < -0.3 is 10.1 Å². The highest BCUT2D eigenvalue weighted by molar-refractivity contribution is 7.99. The van der Waals surface area contributed by atoms with E-state index in [-0.39, 0.29) is 11.9 Å². The maximum absolute atomic E-state index is 12.9. The lowest BCUT2D eigenvalue weighted by molar-refractivity contribution is -0.145. The lowest BCUT2D eigenvalue weighted by Crippen LogP contribution is -2.27. The summed E-state index contributed by atoms with van der Waals surface area (Å²) in [4.78, 5) is 25.3. The second-order valence-corrected chi connectivity index (χ2v) is 11.9. The molecule has 1 heterocycles. The Hall–Kier alpha value is -2.80. The zero-order chi connectivity index (χ0) is 27.3. The second-order valence-electron chi connectivity index (χ2n) is 10.7. The number of ether oxygens (including phenoxy) is 1. The van der Waals surface area contributed by atoms with Gasteiger partial charge in [0.1, 0.15) is 0 Å². The number of rotatable bonds is 13. The third-order valence-corrected chi connectivity index (χ3v) is 8.48. The number of hydrogen-bond donors (Lipinski definition) is 1. The molecule has 1 N–H and O–H groups in total. The summed E-state index contributed by atoms with van der Waals surface area (Å²) in [5.74, 6) is 2.32. The number of nitrogens with zero attached hydrogens (tertiary/aromatic N) is 2. The molecule has 1 aliphatic carbocycles. The molecule has 0 spiro atoms. The number of carbonyl (C=O) groups excluding carboxylic acids is 2. The maximum Gasteiger partial charge on any atom is 0.306 e. The van der Waals surface area contributed by atoms with Gasteiger partial charge in [-0.05, 0) is 72.6 Å². The van der Waals surface area contributed by atoms with Crippen molar-refractivity contribution in [2.75, 3.05) is 36.5 Å². The first-order valence-electron chi connectivity index (χ1n) is 14.7. The number of esters is 1. The molecule has 0 bridgehead atoms. The third kappa shape index (κ3) is 9.71. The summed E-state index contributed by atoms with van der Waals surface area (Å²) in [6.07, 6.45) is 12.3. The van der Waals surface area contributed by atoms with Crippen molar-refractivity contribution in [1.29, 1.82) is 0 Å². The zero-order valence-electron chi connectivity index (χ0n) is 23.3. The first kappa shape index (κ1) is 29.2. The van der Waals surface area contributed by atoms with E-state index >= 15 is 0 Å². The van der Waals surface area contributed by atoms with E-state index in [1.54, 1.807) is 0 Å². The van der Waals surface area contributed by atoms with Gasteiger partial charge in [-0.2, -0.15) is 16.9 Å². The van der Waals surface area contributed by atoms with Crippen LogP contribution in [0.25, 0.3) is 0 Å². The maximum atomic E-state index is 12.9. The van der Waals surface area contributed by atoms with Crippen molar-refractivity contribution in [3.63, 3.8) is 0 Å². The number of benzene rings is 2. The van der Waals surface area contributed by atoms with Crippen LogP contribution >= 0.6 is 11.8 Å². The highest BCUT2D eigenvalue weighted by atomic mass is 32.2. The van der Waals surface area contributed by atoms with Crippen LogP contribution in [0.5, 0.6) is 0 Å². The number of carbonyl (C=O) groups is 2.